The van der Waals surface area contributed by atoms with Crippen LogP contribution in [-0.4, -0.2) is 5.78 Å². The lowest BCUT2D eigenvalue weighted by molar-refractivity contribution is -0.117. The van der Waals surface area contributed by atoms with E-state index in [2.05, 4.69) is 13.8 Å². The molecule has 0 rings (SSSR count). The highest BCUT2D eigenvalue weighted by Gasteiger charge is 2.04. The van der Waals surface area contributed by atoms with Crippen LogP contribution in [0.5, 0.6) is 0 Å². The SMILES string of the molecule is CCCCCCC[C@@H](C)CC(C)=O. The standard InChI is InChI=1S/C12H24O/c1-4-5-6-7-8-9-11(2)10-12(3)13/h11H,4-10H2,1-3H3/t11-/m1/s1. The molecule has 1 heteroatoms. The summed E-state index contributed by atoms with van der Waals surface area (Å²) >= 11 is 0. The third kappa shape index (κ3) is 9.59. The van der Waals surface area contributed by atoms with Crippen molar-refractivity contribution in [1.82, 2.24) is 0 Å². The molecule has 0 saturated carbocycles. The van der Waals surface area contributed by atoms with E-state index in [1.54, 1.807) is 6.92 Å². The second-order valence-corrected chi connectivity index (χ2v) is 4.21. The van der Waals surface area contributed by atoms with E-state index in [-0.39, 0.29) is 0 Å². The third-order valence-electron chi connectivity index (χ3n) is 2.44. The Morgan fingerprint density at radius 3 is 2.31 bits per heavy atom. The fourth-order valence-corrected chi connectivity index (χ4v) is 1.69. The van der Waals surface area contributed by atoms with Crippen molar-refractivity contribution in [2.24, 2.45) is 5.92 Å². The predicted octanol–water partition coefficient (Wildman–Crippen LogP) is 3.96. The smallest absolute Gasteiger partial charge is 0.130 e. The summed E-state index contributed by atoms with van der Waals surface area (Å²) in [5, 5.41) is 0. The van der Waals surface area contributed by atoms with Crippen LogP contribution in [0.25, 0.3) is 0 Å². The molecule has 13 heavy (non-hydrogen) atoms. The maximum Gasteiger partial charge on any atom is 0.130 e. The summed E-state index contributed by atoms with van der Waals surface area (Å²) < 4.78 is 0. The molecule has 0 aromatic rings. The van der Waals surface area contributed by atoms with Gasteiger partial charge in [-0.2, -0.15) is 0 Å². The highest BCUT2D eigenvalue weighted by molar-refractivity contribution is 5.75. The molecule has 0 aliphatic heterocycles. The lowest BCUT2D eigenvalue weighted by atomic mass is 9.98. The van der Waals surface area contributed by atoms with Crippen molar-refractivity contribution in [3.8, 4) is 0 Å². The first kappa shape index (κ1) is 12.7. The summed E-state index contributed by atoms with van der Waals surface area (Å²) in [4.78, 5) is 10.8. The van der Waals surface area contributed by atoms with Gasteiger partial charge in [-0.1, -0.05) is 52.4 Å². The molecule has 0 unspecified atom stereocenters. The fraction of sp³-hybridized carbons (Fsp3) is 0.917. The number of carbonyl (C=O) groups excluding carboxylic acids is 1. The van der Waals surface area contributed by atoms with Crippen molar-refractivity contribution < 1.29 is 4.79 Å². The number of unbranched alkanes of at least 4 members (excludes halogenated alkanes) is 4. The van der Waals surface area contributed by atoms with Crippen LogP contribution in [0, 0.1) is 5.92 Å². The molecule has 0 fully saturated rings. The van der Waals surface area contributed by atoms with Crippen LogP contribution in [0.1, 0.15) is 65.7 Å². The molecule has 0 N–H and O–H groups in total. The van der Waals surface area contributed by atoms with Crippen LogP contribution in [0.3, 0.4) is 0 Å². The molecule has 1 nitrogen and oxygen atoms in total. The molecule has 0 saturated heterocycles. The fourth-order valence-electron chi connectivity index (χ4n) is 1.69. The molecule has 0 aliphatic carbocycles. The summed E-state index contributed by atoms with van der Waals surface area (Å²) in [6.07, 6.45) is 8.68. The van der Waals surface area contributed by atoms with Gasteiger partial charge < -0.3 is 4.79 Å². The molecule has 78 valence electrons. The van der Waals surface area contributed by atoms with Gasteiger partial charge in [-0.15, -0.1) is 0 Å². The Kier molecular flexibility index (Phi) is 8.07. The van der Waals surface area contributed by atoms with Gasteiger partial charge in [-0.05, 0) is 12.8 Å². The molecule has 0 radical (unpaired) electrons. The van der Waals surface area contributed by atoms with Gasteiger partial charge in [0.15, 0.2) is 0 Å². The summed E-state index contributed by atoms with van der Waals surface area (Å²) in [6.45, 7) is 6.10. The van der Waals surface area contributed by atoms with Crippen LogP contribution in [0.15, 0.2) is 0 Å². The van der Waals surface area contributed by atoms with Crippen molar-refractivity contribution in [3.63, 3.8) is 0 Å². The highest BCUT2D eigenvalue weighted by Crippen LogP contribution is 2.14. The normalized spacial score (nSPS) is 12.8. The Labute approximate surface area is 82.9 Å². The molecule has 0 spiro atoms. The van der Waals surface area contributed by atoms with E-state index in [0.717, 1.165) is 6.42 Å². The first-order chi connectivity index (χ1) is 6.16. The molecule has 0 amide bonds. The van der Waals surface area contributed by atoms with Crippen LogP contribution < -0.4 is 0 Å². The average Bonchev–Trinajstić information content (AvgIpc) is 2.02. The van der Waals surface area contributed by atoms with E-state index >= 15 is 0 Å². The van der Waals surface area contributed by atoms with E-state index in [9.17, 15) is 4.79 Å². The zero-order valence-corrected chi connectivity index (χ0v) is 9.44. The Morgan fingerprint density at radius 2 is 1.77 bits per heavy atom. The van der Waals surface area contributed by atoms with Gasteiger partial charge in [-0.3, -0.25) is 0 Å². The van der Waals surface area contributed by atoms with Crippen LogP contribution in [0.4, 0.5) is 0 Å². The lowest BCUT2D eigenvalue weighted by Crippen LogP contribution is -2.01. The number of ketones is 1. The van der Waals surface area contributed by atoms with Crippen LogP contribution in [-0.2, 0) is 4.79 Å². The van der Waals surface area contributed by atoms with Crippen LogP contribution in [0.2, 0.25) is 0 Å². The minimum atomic E-state index is 0.334. The minimum absolute atomic E-state index is 0.334. The van der Waals surface area contributed by atoms with E-state index in [1.165, 1.54) is 38.5 Å². The summed E-state index contributed by atoms with van der Waals surface area (Å²) in [6, 6.07) is 0. The Balaban J connectivity index is 3.17. The number of hydrogen-bond donors (Lipinski definition) is 0. The number of Topliss-reactive ketones (excluding diaryl/α,β-unsaturated/α-hetero) is 1. The van der Waals surface area contributed by atoms with E-state index < -0.39 is 0 Å². The Hall–Kier alpha value is -0.330. The van der Waals surface area contributed by atoms with Gasteiger partial charge in [0.05, 0.1) is 0 Å². The number of carbonyl (C=O) groups is 1. The largest absolute Gasteiger partial charge is 0.300 e. The van der Waals surface area contributed by atoms with E-state index in [1.807, 2.05) is 0 Å². The van der Waals surface area contributed by atoms with Gasteiger partial charge in [-0.25, -0.2) is 0 Å². The molecule has 0 aromatic carbocycles. The van der Waals surface area contributed by atoms with E-state index in [0.29, 0.717) is 11.7 Å². The van der Waals surface area contributed by atoms with Gasteiger partial charge >= 0.3 is 0 Å². The second-order valence-electron chi connectivity index (χ2n) is 4.21. The Bertz CT molecular complexity index is 129. The summed E-state index contributed by atoms with van der Waals surface area (Å²) in [5.41, 5.74) is 0. The van der Waals surface area contributed by atoms with E-state index in [4.69, 9.17) is 0 Å². The predicted molar refractivity (Wildman–Crippen MR) is 57.8 cm³/mol. The zero-order valence-electron chi connectivity index (χ0n) is 9.44. The topological polar surface area (TPSA) is 17.1 Å². The molecular weight excluding hydrogens is 160 g/mol. The first-order valence-electron chi connectivity index (χ1n) is 5.66. The van der Waals surface area contributed by atoms with Crippen molar-refractivity contribution in [2.45, 2.75) is 65.7 Å². The quantitative estimate of drug-likeness (QED) is 0.522. The first-order valence-corrected chi connectivity index (χ1v) is 5.66. The monoisotopic (exact) mass is 184 g/mol. The molecule has 0 aliphatic rings. The maximum absolute atomic E-state index is 10.8. The highest BCUT2D eigenvalue weighted by atomic mass is 16.1. The average molecular weight is 184 g/mol. The van der Waals surface area contributed by atoms with Crippen molar-refractivity contribution >= 4 is 5.78 Å². The maximum atomic E-state index is 10.8. The molecule has 0 bridgehead atoms. The number of hydrogen-bond acceptors (Lipinski definition) is 1. The molecular formula is C12H24O. The van der Waals surface area contributed by atoms with Crippen molar-refractivity contribution in [3.05, 3.63) is 0 Å². The van der Waals surface area contributed by atoms with Gasteiger partial charge in [0, 0.05) is 6.42 Å². The lowest BCUT2D eigenvalue weighted by Gasteiger charge is -2.08. The zero-order chi connectivity index (χ0) is 10.1. The molecule has 1 atom stereocenters. The van der Waals surface area contributed by atoms with Gasteiger partial charge in [0.25, 0.3) is 0 Å². The van der Waals surface area contributed by atoms with Crippen molar-refractivity contribution in [1.29, 1.82) is 0 Å². The Morgan fingerprint density at radius 1 is 1.15 bits per heavy atom. The molecule has 0 heterocycles. The van der Waals surface area contributed by atoms with Crippen LogP contribution >= 0.6 is 0 Å². The summed E-state index contributed by atoms with van der Waals surface area (Å²) in [5.74, 6) is 0.931. The van der Waals surface area contributed by atoms with Gasteiger partial charge in [0.2, 0.25) is 0 Å². The summed E-state index contributed by atoms with van der Waals surface area (Å²) in [7, 11) is 0. The van der Waals surface area contributed by atoms with Crippen molar-refractivity contribution in [2.75, 3.05) is 0 Å². The van der Waals surface area contributed by atoms with Gasteiger partial charge in [0.1, 0.15) is 5.78 Å². The third-order valence-corrected chi connectivity index (χ3v) is 2.44. The number of rotatable bonds is 8. The second kappa shape index (κ2) is 8.28. The minimum Gasteiger partial charge on any atom is -0.300 e. The molecule has 0 aromatic heterocycles.